The number of aliphatic hydroxyl groups is 1. The molecule has 1 aliphatic rings. The molecule has 2 atom stereocenters. The Balaban J connectivity index is 1.66. The smallest absolute Gasteiger partial charge is 0.344 e. The van der Waals surface area contributed by atoms with Crippen LogP contribution in [-0.2, 0) is 19.1 Å². The second-order valence-electron chi connectivity index (χ2n) is 9.04. The first-order valence-electron chi connectivity index (χ1n) is 13.5. The van der Waals surface area contributed by atoms with Crippen LogP contribution in [-0.4, -0.2) is 76.2 Å². The Hall–Kier alpha value is -4.69. The lowest BCUT2D eigenvalue weighted by atomic mass is 9.95. The van der Waals surface area contributed by atoms with Crippen molar-refractivity contribution in [3.63, 3.8) is 0 Å². The molecule has 0 aliphatic carbocycles. The van der Waals surface area contributed by atoms with Crippen molar-refractivity contribution in [2.75, 3.05) is 40.6 Å². The molecule has 0 saturated carbocycles. The molecule has 2 amide bonds. The zero-order valence-electron chi connectivity index (χ0n) is 24.9. The number of nitrogens with zero attached hydrogens (tertiary/aromatic N) is 1. The number of allylic oxidation sites excluding steroid dienone is 1. The van der Waals surface area contributed by atoms with Crippen molar-refractivity contribution in [3.8, 4) is 23.0 Å². The average molecular weight is 635 g/mol. The molecule has 0 radical (unpaired) electrons. The third kappa shape index (κ3) is 8.91. The molecule has 0 saturated heterocycles. The van der Waals surface area contributed by atoms with Crippen LogP contribution in [0.3, 0.4) is 0 Å². The van der Waals surface area contributed by atoms with Gasteiger partial charge in [-0.05, 0) is 56.2 Å². The zero-order chi connectivity index (χ0) is 32.2. The Bertz CT molecular complexity index is 1410. The maximum absolute atomic E-state index is 12.4. The molecule has 1 heterocycles. The quantitative estimate of drug-likeness (QED) is 0.0981. The minimum Gasteiger partial charge on any atom is -0.493 e. The molecule has 1 aliphatic heterocycles. The van der Waals surface area contributed by atoms with E-state index in [-0.39, 0.29) is 41.9 Å². The Labute approximate surface area is 259 Å². The SMILES string of the molecule is CCOC(=O)COc1c(Cl)cc(/C=N\N[C@@H](O)COc2ccc([C@@H]3NC(=O)NC(C)=C3C(=O)OC)cc2OCC)cc1OC. The van der Waals surface area contributed by atoms with Crippen LogP contribution in [0, 0.1) is 0 Å². The van der Waals surface area contributed by atoms with Gasteiger partial charge in [0.15, 0.2) is 35.8 Å². The van der Waals surface area contributed by atoms with Crippen LogP contribution in [0.4, 0.5) is 4.79 Å². The number of carbonyl (C=O) groups excluding carboxylic acids is 3. The van der Waals surface area contributed by atoms with Crippen LogP contribution in [0.1, 0.15) is 37.9 Å². The van der Waals surface area contributed by atoms with Gasteiger partial charge in [-0.25, -0.2) is 14.4 Å². The number of carbonyl (C=O) groups is 3. The number of rotatable bonds is 15. The molecular weight excluding hydrogens is 600 g/mol. The Morgan fingerprint density at radius 1 is 1.09 bits per heavy atom. The predicted octanol–water partition coefficient (Wildman–Crippen LogP) is 2.81. The fraction of sp³-hybridized carbons (Fsp3) is 0.379. The molecule has 15 heteroatoms. The van der Waals surface area contributed by atoms with Gasteiger partial charge in [-0.1, -0.05) is 17.7 Å². The molecule has 2 aromatic carbocycles. The van der Waals surface area contributed by atoms with E-state index < -0.39 is 30.2 Å². The second kappa shape index (κ2) is 16.2. The molecule has 14 nitrogen and oxygen atoms in total. The molecule has 3 rings (SSSR count). The van der Waals surface area contributed by atoms with Crippen LogP contribution in [0.15, 0.2) is 46.7 Å². The van der Waals surface area contributed by atoms with E-state index in [1.165, 1.54) is 20.4 Å². The Kier molecular flexibility index (Phi) is 12.5. The highest BCUT2D eigenvalue weighted by molar-refractivity contribution is 6.32. The number of aliphatic hydroxyl groups excluding tert-OH is 1. The molecule has 44 heavy (non-hydrogen) atoms. The summed E-state index contributed by atoms with van der Waals surface area (Å²) in [5.74, 6) is -0.0407. The molecule has 0 fully saturated rings. The summed E-state index contributed by atoms with van der Waals surface area (Å²) >= 11 is 6.31. The number of methoxy groups -OCH3 is 2. The molecular formula is C29H35ClN4O10. The van der Waals surface area contributed by atoms with E-state index in [0.717, 1.165) is 0 Å². The highest BCUT2D eigenvalue weighted by Crippen LogP contribution is 2.36. The maximum Gasteiger partial charge on any atom is 0.344 e. The van der Waals surface area contributed by atoms with E-state index in [2.05, 4.69) is 21.2 Å². The van der Waals surface area contributed by atoms with Crippen LogP contribution in [0.2, 0.25) is 5.02 Å². The standard InChI is InChI=1S/C29H35ClN4O10/c1-6-41-21-12-18(26-25(28(37)40-5)16(3)32-29(38)33-26)8-9-20(21)43-14-23(35)34-31-13-17-10-19(30)27(22(11-17)39-4)44-15-24(36)42-7-2/h8-13,23,26,34-35H,6-7,14-15H2,1-5H3,(H2,32,33,38)/b31-13-/t23-,26-/m0/s1. The minimum absolute atomic E-state index is 0.173. The molecule has 0 bridgehead atoms. The molecule has 238 valence electrons. The van der Waals surface area contributed by atoms with E-state index >= 15 is 0 Å². The van der Waals surface area contributed by atoms with Gasteiger partial charge in [0.05, 0.1) is 50.3 Å². The Morgan fingerprint density at radius 3 is 2.55 bits per heavy atom. The van der Waals surface area contributed by atoms with Gasteiger partial charge >= 0.3 is 18.0 Å². The number of ether oxygens (including phenoxy) is 6. The molecule has 0 spiro atoms. The van der Waals surface area contributed by atoms with Crippen molar-refractivity contribution in [2.45, 2.75) is 33.0 Å². The summed E-state index contributed by atoms with van der Waals surface area (Å²) in [7, 11) is 2.68. The summed E-state index contributed by atoms with van der Waals surface area (Å²) in [6, 6.07) is 6.79. The van der Waals surface area contributed by atoms with Crippen LogP contribution in [0.5, 0.6) is 23.0 Å². The largest absolute Gasteiger partial charge is 0.493 e. The number of hydrazone groups is 1. The minimum atomic E-state index is -1.22. The van der Waals surface area contributed by atoms with Crippen molar-refractivity contribution >= 4 is 35.8 Å². The van der Waals surface area contributed by atoms with Crippen molar-refractivity contribution in [1.29, 1.82) is 0 Å². The third-order valence-electron chi connectivity index (χ3n) is 6.00. The van der Waals surface area contributed by atoms with Gasteiger partial charge in [-0.3, -0.25) is 5.43 Å². The molecule has 2 aromatic rings. The van der Waals surface area contributed by atoms with Crippen molar-refractivity contribution in [2.24, 2.45) is 5.10 Å². The fourth-order valence-corrected chi connectivity index (χ4v) is 4.38. The van der Waals surface area contributed by atoms with E-state index in [0.29, 0.717) is 34.9 Å². The van der Waals surface area contributed by atoms with Crippen LogP contribution >= 0.6 is 11.6 Å². The normalized spacial score (nSPS) is 15.2. The summed E-state index contributed by atoms with van der Waals surface area (Å²) in [5.41, 5.74) is 4.25. The van der Waals surface area contributed by atoms with Crippen LogP contribution < -0.4 is 35.0 Å². The first-order valence-corrected chi connectivity index (χ1v) is 13.9. The molecule has 4 N–H and O–H groups in total. The zero-order valence-corrected chi connectivity index (χ0v) is 25.6. The number of nitrogens with one attached hydrogen (secondary N) is 3. The van der Waals surface area contributed by atoms with E-state index in [1.54, 1.807) is 51.1 Å². The second-order valence-corrected chi connectivity index (χ2v) is 9.45. The highest BCUT2D eigenvalue weighted by atomic mass is 35.5. The summed E-state index contributed by atoms with van der Waals surface area (Å²) in [6.45, 7) is 5.07. The highest BCUT2D eigenvalue weighted by Gasteiger charge is 2.32. The Morgan fingerprint density at radius 2 is 1.86 bits per heavy atom. The van der Waals surface area contributed by atoms with E-state index in [1.807, 2.05) is 0 Å². The van der Waals surface area contributed by atoms with Crippen molar-refractivity contribution in [3.05, 3.63) is 57.8 Å². The van der Waals surface area contributed by atoms with Gasteiger partial charge in [-0.15, -0.1) is 0 Å². The van der Waals surface area contributed by atoms with Gasteiger partial charge < -0.3 is 44.2 Å². The van der Waals surface area contributed by atoms with E-state index in [9.17, 15) is 19.5 Å². The number of hydrogen-bond donors (Lipinski definition) is 4. The number of esters is 2. The van der Waals surface area contributed by atoms with Crippen LogP contribution in [0.25, 0.3) is 0 Å². The van der Waals surface area contributed by atoms with Gasteiger partial charge in [-0.2, -0.15) is 5.10 Å². The lowest BCUT2D eigenvalue weighted by molar-refractivity contribution is -0.145. The summed E-state index contributed by atoms with van der Waals surface area (Å²) in [6.07, 6.45) is 0.180. The maximum atomic E-state index is 12.4. The number of halogens is 1. The molecule has 0 unspecified atom stereocenters. The lowest BCUT2D eigenvalue weighted by Crippen LogP contribution is -2.45. The van der Waals surface area contributed by atoms with Gasteiger partial charge in [0, 0.05) is 5.70 Å². The fourth-order valence-electron chi connectivity index (χ4n) is 4.11. The number of amides is 2. The first-order chi connectivity index (χ1) is 21.1. The van der Waals surface area contributed by atoms with Gasteiger partial charge in [0.2, 0.25) is 0 Å². The average Bonchev–Trinajstić information content (AvgIpc) is 2.99. The monoisotopic (exact) mass is 634 g/mol. The third-order valence-corrected chi connectivity index (χ3v) is 6.28. The first kappa shape index (κ1) is 33.8. The number of urea groups is 1. The topological polar surface area (TPSA) is 175 Å². The summed E-state index contributed by atoms with van der Waals surface area (Å²) in [4.78, 5) is 36.2. The predicted molar refractivity (Wildman–Crippen MR) is 159 cm³/mol. The van der Waals surface area contributed by atoms with Gasteiger partial charge in [0.25, 0.3) is 0 Å². The van der Waals surface area contributed by atoms with E-state index in [4.69, 9.17) is 40.0 Å². The number of benzene rings is 2. The number of hydrogen-bond acceptors (Lipinski definition) is 12. The van der Waals surface area contributed by atoms with Gasteiger partial charge in [0.1, 0.15) is 6.61 Å². The summed E-state index contributed by atoms with van der Waals surface area (Å²) < 4.78 is 32.0. The molecule has 0 aromatic heterocycles. The lowest BCUT2D eigenvalue weighted by Gasteiger charge is -2.28. The van der Waals surface area contributed by atoms with Crippen molar-refractivity contribution in [1.82, 2.24) is 16.1 Å². The van der Waals surface area contributed by atoms with Crippen molar-refractivity contribution < 1.29 is 47.9 Å². The summed E-state index contributed by atoms with van der Waals surface area (Å²) in [5, 5.41) is 19.9.